The zero-order valence-corrected chi connectivity index (χ0v) is 10.8. The van der Waals surface area contributed by atoms with E-state index in [9.17, 15) is 0 Å². The second kappa shape index (κ2) is 5.75. The average molecular weight is 245 g/mol. The minimum absolute atomic E-state index is 0.129. The number of pyridine rings is 1. The van der Waals surface area contributed by atoms with Crippen molar-refractivity contribution in [3.63, 3.8) is 0 Å². The lowest BCUT2D eigenvalue weighted by Gasteiger charge is -2.18. The van der Waals surface area contributed by atoms with Crippen LogP contribution in [0.25, 0.3) is 0 Å². The van der Waals surface area contributed by atoms with Gasteiger partial charge in [0, 0.05) is 44.3 Å². The lowest BCUT2D eigenvalue weighted by atomic mass is 10.00. The molecule has 2 aromatic heterocycles. The minimum atomic E-state index is 0.129. The Morgan fingerprint density at radius 1 is 1.44 bits per heavy atom. The maximum absolute atomic E-state index is 5.65. The Morgan fingerprint density at radius 2 is 2.28 bits per heavy atom. The monoisotopic (exact) mass is 245 g/mol. The number of rotatable bonds is 5. The van der Waals surface area contributed by atoms with Gasteiger partial charge in [0.15, 0.2) is 0 Å². The van der Waals surface area contributed by atoms with Gasteiger partial charge >= 0.3 is 0 Å². The predicted molar refractivity (Wildman–Crippen MR) is 70.6 cm³/mol. The van der Waals surface area contributed by atoms with E-state index in [4.69, 9.17) is 5.84 Å². The molecule has 0 radical (unpaired) electrons. The fourth-order valence-electron chi connectivity index (χ4n) is 2.11. The summed E-state index contributed by atoms with van der Waals surface area (Å²) >= 11 is 0. The largest absolute Gasteiger partial charge is 0.338 e. The van der Waals surface area contributed by atoms with Gasteiger partial charge in [-0.3, -0.25) is 16.3 Å². The van der Waals surface area contributed by atoms with Crippen LogP contribution in [-0.4, -0.2) is 14.5 Å². The zero-order chi connectivity index (χ0) is 13.0. The van der Waals surface area contributed by atoms with Crippen LogP contribution in [0.2, 0.25) is 0 Å². The number of nitrogens with zero attached hydrogens (tertiary/aromatic N) is 3. The molecular weight excluding hydrogens is 226 g/mol. The van der Waals surface area contributed by atoms with Crippen molar-refractivity contribution in [1.29, 1.82) is 0 Å². The molecule has 18 heavy (non-hydrogen) atoms. The van der Waals surface area contributed by atoms with Crippen LogP contribution in [0.5, 0.6) is 0 Å². The summed E-state index contributed by atoms with van der Waals surface area (Å²) in [5, 5.41) is 0. The highest BCUT2D eigenvalue weighted by atomic mass is 15.2. The molecule has 2 rings (SSSR count). The molecule has 1 unspecified atom stereocenters. The Bertz CT molecular complexity index is 506. The zero-order valence-electron chi connectivity index (χ0n) is 10.8. The van der Waals surface area contributed by atoms with Crippen molar-refractivity contribution in [2.45, 2.75) is 25.8 Å². The van der Waals surface area contributed by atoms with E-state index in [0.717, 1.165) is 24.2 Å². The number of hydrazine groups is 1. The summed E-state index contributed by atoms with van der Waals surface area (Å²) in [5.41, 5.74) is 5.23. The number of nitrogens with one attached hydrogen (secondary N) is 1. The molecule has 0 aliphatic carbocycles. The first kappa shape index (κ1) is 12.7. The second-order valence-corrected chi connectivity index (χ2v) is 4.44. The highest BCUT2D eigenvalue weighted by Crippen LogP contribution is 2.20. The number of hydrogen-bond donors (Lipinski definition) is 2. The van der Waals surface area contributed by atoms with Crippen LogP contribution >= 0.6 is 0 Å². The summed E-state index contributed by atoms with van der Waals surface area (Å²) in [6.07, 6.45) is 9.23. The normalized spacial score (nSPS) is 12.6. The highest BCUT2D eigenvalue weighted by Gasteiger charge is 2.13. The third-order valence-electron chi connectivity index (χ3n) is 3.22. The lowest BCUT2D eigenvalue weighted by molar-refractivity contribution is 0.504. The second-order valence-electron chi connectivity index (χ2n) is 4.44. The number of hydrogen-bond acceptors (Lipinski definition) is 4. The molecule has 0 fully saturated rings. The first-order chi connectivity index (χ1) is 8.72. The van der Waals surface area contributed by atoms with Crippen molar-refractivity contribution in [2.75, 3.05) is 0 Å². The summed E-state index contributed by atoms with van der Waals surface area (Å²) in [5.74, 6) is 6.72. The van der Waals surface area contributed by atoms with Gasteiger partial charge in [-0.1, -0.05) is 0 Å². The van der Waals surface area contributed by atoms with Gasteiger partial charge < -0.3 is 4.57 Å². The maximum atomic E-state index is 5.65. The molecule has 0 aromatic carbocycles. The molecule has 0 aliphatic rings. The van der Waals surface area contributed by atoms with E-state index in [1.54, 1.807) is 6.20 Å². The number of imidazole rings is 1. The van der Waals surface area contributed by atoms with Crippen molar-refractivity contribution in [2.24, 2.45) is 12.9 Å². The lowest BCUT2D eigenvalue weighted by Crippen LogP contribution is -2.29. The van der Waals surface area contributed by atoms with E-state index in [0.29, 0.717) is 0 Å². The Balaban J connectivity index is 2.07. The van der Waals surface area contributed by atoms with Crippen LogP contribution in [-0.2, 0) is 13.5 Å². The Morgan fingerprint density at radius 3 is 2.89 bits per heavy atom. The van der Waals surface area contributed by atoms with Crippen molar-refractivity contribution >= 4 is 0 Å². The molecule has 0 aliphatic heterocycles. The first-order valence-corrected chi connectivity index (χ1v) is 6.05. The SMILES string of the molecule is Cc1cnccc1C(CCc1nccn1C)NN. The molecule has 0 saturated heterocycles. The van der Waals surface area contributed by atoms with Crippen molar-refractivity contribution < 1.29 is 0 Å². The molecule has 1 atom stereocenters. The van der Waals surface area contributed by atoms with Gasteiger partial charge in [-0.25, -0.2) is 4.98 Å². The molecule has 2 aromatic rings. The van der Waals surface area contributed by atoms with Gasteiger partial charge in [-0.2, -0.15) is 0 Å². The summed E-state index contributed by atoms with van der Waals surface area (Å²) in [4.78, 5) is 8.42. The van der Waals surface area contributed by atoms with Crippen molar-refractivity contribution in [3.8, 4) is 0 Å². The third-order valence-corrected chi connectivity index (χ3v) is 3.22. The van der Waals surface area contributed by atoms with E-state index in [-0.39, 0.29) is 6.04 Å². The molecule has 0 saturated carbocycles. The topological polar surface area (TPSA) is 68.8 Å². The molecular formula is C13H19N5. The molecule has 0 amide bonds. The van der Waals surface area contributed by atoms with Crippen molar-refractivity contribution in [3.05, 3.63) is 47.8 Å². The Labute approximate surface area is 107 Å². The molecule has 5 nitrogen and oxygen atoms in total. The average Bonchev–Trinajstić information content (AvgIpc) is 2.78. The van der Waals surface area contributed by atoms with Gasteiger partial charge in [0.05, 0.1) is 0 Å². The molecule has 96 valence electrons. The first-order valence-electron chi connectivity index (χ1n) is 6.05. The van der Waals surface area contributed by atoms with Gasteiger partial charge in [0.25, 0.3) is 0 Å². The number of aromatic nitrogens is 3. The van der Waals surface area contributed by atoms with Crippen LogP contribution < -0.4 is 11.3 Å². The summed E-state index contributed by atoms with van der Waals surface area (Å²) in [6.45, 7) is 2.05. The predicted octanol–water partition coefficient (Wildman–Crippen LogP) is 1.26. The molecule has 0 spiro atoms. The summed E-state index contributed by atoms with van der Waals surface area (Å²) < 4.78 is 2.03. The van der Waals surface area contributed by atoms with Crippen LogP contribution in [0, 0.1) is 6.92 Å². The summed E-state index contributed by atoms with van der Waals surface area (Å²) in [6, 6.07) is 2.14. The molecule has 2 heterocycles. The van der Waals surface area contributed by atoms with Gasteiger partial charge in [0.2, 0.25) is 0 Å². The van der Waals surface area contributed by atoms with E-state index in [2.05, 4.69) is 15.4 Å². The Hall–Kier alpha value is -1.72. The molecule has 3 N–H and O–H groups in total. The van der Waals surface area contributed by atoms with Gasteiger partial charge in [0.1, 0.15) is 5.82 Å². The van der Waals surface area contributed by atoms with Crippen LogP contribution in [0.15, 0.2) is 30.9 Å². The summed E-state index contributed by atoms with van der Waals surface area (Å²) in [7, 11) is 2.00. The fraction of sp³-hybridized carbons (Fsp3) is 0.385. The van der Waals surface area contributed by atoms with Crippen LogP contribution in [0.1, 0.15) is 29.4 Å². The smallest absolute Gasteiger partial charge is 0.108 e. The standard InChI is InChI=1S/C13H19N5/c1-10-9-15-6-5-11(10)12(17-14)3-4-13-16-7-8-18(13)2/h5-9,12,17H,3-4,14H2,1-2H3. The number of aryl methyl sites for hydroxylation is 3. The highest BCUT2D eigenvalue weighted by molar-refractivity contribution is 5.25. The van der Waals surface area contributed by atoms with E-state index < -0.39 is 0 Å². The Kier molecular flexibility index (Phi) is 4.07. The van der Waals surface area contributed by atoms with Gasteiger partial charge in [-0.05, 0) is 30.5 Å². The van der Waals surface area contributed by atoms with Gasteiger partial charge in [-0.15, -0.1) is 0 Å². The van der Waals surface area contributed by atoms with Crippen LogP contribution in [0.4, 0.5) is 0 Å². The fourth-order valence-corrected chi connectivity index (χ4v) is 2.11. The van der Waals surface area contributed by atoms with E-state index in [1.807, 2.05) is 43.2 Å². The quantitative estimate of drug-likeness (QED) is 0.614. The van der Waals surface area contributed by atoms with Crippen LogP contribution in [0.3, 0.4) is 0 Å². The van der Waals surface area contributed by atoms with E-state index in [1.165, 1.54) is 5.56 Å². The molecule has 5 heteroatoms. The van der Waals surface area contributed by atoms with Crippen molar-refractivity contribution in [1.82, 2.24) is 20.0 Å². The number of nitrogens with two attached hydrogens (primary N) is 1. The third kappa shape index (κ3) is 2.75. The minimum Gasteiger partial charge on any atom is -0.338 e. The molecule has 0 bridgehead atoms. The van der Waals surface area contributed by atoms with E-state index >= 15 is 0 Å². The maximum Gasteiger partial charge on any atom is 0.108 e.